The quantitative estimate of drug-likeness (QED) is 0.841. The van der Waals surface area contributed by atoms with Crippen LogP contribution in [-0.4, -0.2) is 62.8 Å². The van der Waals surface area contributed by atoms with Gasteiger partial charge in [0.1, 0.15) is 0 Å². The number of amides is 2. The first-order valence-electron chi connectivity index (χ1n) is 7.52. The fourth-order valence-corrected chi connectivity index (χ4v) is 2.10. The molecule has 1 aromatic carbocycles. The number of ether oxygens (including phenoxy) is 1. The maximum absolute atomic E-state index is 12.4. The summed E-state index contributed by atoms with van der Waals surface area (Å²) in [6, 6.07) is 9.99. The van der Waals surface area contributed by atoms with Gasteiger partial charge in [-0.3, -0.25) is 0 Å². The van der Waals surface area contributed by atoms with Gasteiger partial charge < -0.3 is 19.9 Å². The monoisotopic (exact) mass is 307 g/mol. The molecule has 0 spiro atoms. The molecule has 5 heteroatoms. The topological polar surface area (TPSA) is 44.8 Å². The zero-order valence-electron chi connectivity index (χ0n) is 14.6. The van der Waals surface area contributed by atoms with Crippen molar-refractivity contribution in [2.45, 2.75) is 25.5 Å². The summed E-state index contributed by atoms with van der Waals surface area (Å²) >= 11 is 0. The van der Waals surface area contributed by atoms with E-state index in [1.807, 2.05) is 53.2 Å². The number of carbonyl (C=O) groups is 1. The first-order chi connectivity index (χ1) is 10.3. The van der Waals surface area contributed by atoms with Crippen molar-refractivity contribution in [2.24, 2.45) is 0 Å². The summed E-state index contributed by atoms with van der Waals surface area (Å²) < 4.78 is 5.34. The maximum atomic E-state index is 12.4. The first kappa shape index (κ1) is 18.5. The van der Waals surface area contributed by atoms with Crippen LogP contribution in [0, 0.1) is 0 Å². The van der Waals surface area contributed by atoms with E-state index in [1.165, 1.54) is 0 Å². The highest BCUT2D eigenvalue weighted by molar-refractivity contribution is 5.74. The molecule has 0 saturated carbocycles. The van der Waals surface area contributed by atoms with Gasteiger partial charge in [-0.2, -0.15) is 0 Å². The van der Waals surface area contributed by atoms with Gasteiger partial charge in [-0.05, 0) is 33.5 Å². The molecule has 1 aromatic rings. The van der Waals surface area contributed by atoms with Crippen LogP contribution in [0.25, 0.3) is 0 Å². The van der Waals surface area contributed by atoms with E-state index < -0.39 is 0 Å². The SMILES string of the molecule is COC(C)(C)CNC(=O)N(C)[C@@H](CN(C)C)c1ccccc1. The van der Waals surface area contributed by atoms with Crippen LogP contribution in [0.4, 0.5) is 4.79 Å². The van der Waals surface area contributed by atoms with E-state index >= 15 is 0 Å². The summed E-state index contributed by atoms with van der Waals surface area (Å²) in [4.78, 5) is 16.3. The summed E-state index contributed by atoms with van der Waals surface area (Å²) in [6.07, 6.45) is 0. The fourth-order valence-electron chi connectivity index (χ4n) is 2.10. The van der Waals surface area contributed by atoms with Gasteiger partial charge in [0, 0.05) is 27.2 Å². The lowest BCUT2D eigenvalue weighted by Gasteiger charge is -2.32. The number of nitrogens with zero attached hydrogens (tertiary/aromatic N) is 2. The second-order valence-electron chi connectivity index (χ2n) is 6.42. The third-order valence-corrected chi connectivity index (χ3v) is 3.73. The first-order valence-corrected chi connectivity index (χ1v) is 7.52. The number of methoxy groups -OCH3 is 1. The lowest BCUT2D eigenvalue weighted by atomic mass is 10.1. The molecule has 124 valence electrons. The van der Waals surface area contributed by atoms with Gasteiger partial charge >= 0.3 is 6.03 Å². The smallest absolute Gasteiger partial charge is 0.317 e. The van der Waals surface area contributed by atoms with E-state index in [4.69, 9.17) is 4.74 Å². The maximum Gasteiger partial charge on any atom is 0.317 e. The molecule has 1 atom stereocenters. The molecule has 0 aromatic heterocycles. The Kier molecular flexibility index (Phi) is 6.84. The summed E-state index contributed by atoms with van der Waals surface area (Å²) in [5.74, 6) is 0. The Morgan fingerprint density at radius 2 is 1.82 bits per heavy atom. The van der Waals surface area contributed by atoms with Gasteiger partial charge in [0.15, 0.2) is 0 Å². The molecule has 1 rings (SSSR count). The summed E-state index contributed by atoms with van der Waals surface area (Å²) in [5.41, 5.74) is 0.750. The van der Waals surface area contributed by atoms with Crippen LogP contribution in [-0.2, 0) is 4.74 Å². The fraction of sp³-hybridized carbons (Fsp3) is 0.588. The number of benzene rings is 1. The molecule has 0 aliphatic rings. The Morgan fingerprint density at radius 1 is 1.23 bits per heavy atom. The van der Waals surface area contributed by atoms with Gasteiger partial charge in [-0.25, -0.2) is 4.79 Å². The van der Waals surface area contributed by atoms with Crippen LogP contribution in [0.3, 0.4) is 0 Å². The lowest BCUT2D eigenvalue weighted by Crippen LogP contribution is -2.47. The molecule has 0 bridgehead atoms. The van der Waals surface area contributed by atoms with Crippen molar-refractivity contribution in [3.63, 3.8) is 0 Å². The Labute approximate surface area is 134 Å². The van der Waals surface area contributed by atoms with E-state index in [1.54, 1.807) is 12.0 Å². The average molecular weight is 307 g/mol. The van der Waals surface area contributed by atoms with Crippen LogP contribution in [0.2, 0.25) is 0 Å². The Morgan fingerprint density at radius 3 is 2.32 bits per heavy atom. The largest absolute Gasteiger partial charge is 0.377 e. The van der Waals surface area contributed by atoms with E-state index in [-0.39, 0.29) is 17.7 Å². The minimum Gasteiger partial charge on any atom is -0.377 e. The van der Waals surface area contributed by atoms with Gasteiger partial charge in [-0.15, -0.1) is 0 Å². The van der Waals surface area contributed by atoms with Crippen molar-refractivity contribution in [3.05, 3.63) is 35.9 Å². The molecule has 0 aliphatic carbocycles. The molecular formula is C17H29N3O2. The molecular weight excluding hydrogens is 278 g/mol. The summed E-state index contributed by atoms with van der Waals surface area (Å²) in [7, 11) is 7.50. The Balaban J connectivity index is 2.79. The minimum absolute atomic E-state index is 0.00172. The second kappa shape index (κ2) is 8.15. The van der Waals surface area contributed by atoms with Crippen molar-refractivity contribution < 1.29 is 9.53 Å². The molecule has 0 heterocycles. The van der Waals surface area contributed by atoms with Crippen LogP contribution in [0.15, 0.2) is 30.3 Å². The number of urea groups is 1. The summed E-state index contributed by atoms with van der Waals surface area (Å²) in [6.45, 7) is 5.13. The lowest BCUT2D eigenvalue weighted by molar-refractivity contribution is 0.0240. The number of hydrogen-bond acceptors (Lipinski definition) is 3. The van der Waals surface area contributed by atoms with Crippen molar-refractivity contribution in [3.8, 4) is 0 Å². The molecule has 22 heavy (non-hydrogen) atoms. The van der Waals surface area contributed by atoms with Gasteiger partial charge in [-0.1, -0.05) is 30.3 Å². The third-order valence-electron chi connectivity index (χ3n) is 3.73. The molecule has 0 fully saturated rings. The van der Waals surface area contributed by atoms with E-state index in [2.05, 4.69) is 22.3 Å². The van der Waals surface area contributed by atoms with Gasteiger partial charge in [0.25, 0.3) is 0 Å². The normalized spacial score (nSPS) is 13.0. The van der Waals surface area contributed by atoms with Gasteiger partial charge in [0.2, 0.25) is 0 Å². The minimum atomic E-state index is -0.375. The van der Waals surface area contributed by atoms with E-state index in [0.717, 1.165) is 12.1 Å². The van der Waals surface area contributed by atoms with E-state index in [9.17, 15) is 4.79 Å². The van der Waals surface area contributed by atoms with E-state index in [0.29, 0.717) is 6.54 Å². The van der Waals surface area contributed by atoms with Gasteiger partial charge in [0.05, 0.1) is 11.6 Å². The zero-order chi connectivity index (χ0) is 16.8. The molecule has 5 nitrogen and oxygen atoms in total. The van der Waals surface area contributed by atoms with Crippen LogP contribution in [0.1, 0.15) is 25.5 Å². The molecule has 0 unspecified atom stereocenters. The number of hydrogen-bond donors (Lipinski definition) is 1. The van der Waals surface area contributed by atoms with Crippen LogP contribution >= 0.6 is 0 Å². The van der Waals surface area contributed by atoms with Crippen LogP contribution in [0.5, 0.6) is 0 Å². The molecule has 0 radical (unpaired) electrons. The highest BCUT2D eigenvalue weighted by Gasteiger charge is 2.24. The third kappa shape index (κ3) is 5.66. The Bertz CT molecular complexity index is 460. The second-order valence-corrected chi connectivity index (χ2v) is 6.42. The van der Waals surface area contributed by atoms with Crippen molar-refractivity contribution >= 4 is 6.03 Å². The number of rotatable bonds is 7. The van der Waals surface area contributed by atoms with Crippen molar-refractivity contribution in [1.82, 2.24) is 15.1 Å². The van der Waals surface area contributed by atoms with Crippen LogP contribution < -0.4 is 5.32 Å². The highest BCUT2D eigenvalue weighted by Crippen LogP contribution is 2.20. The standard InChI is InChI=1S/C17H29N3O2/c1-17(2,22-6)13-18-16(21)20(5)15(12-19(3)4)14-10-8-7-9-11-14/h7-11,15H,12-13H2,1-6H3,(H,18,21)/t15-/m0/s1. The predicted molar refractivity (Wildman–Crippen MR) is 90.0 cm³/mol. The number of likely N-dealkylation sites (N-methyl/N-ethyl adjacent to an activating group) is 2. The molecule has 2 amide bonds. The molecule has 0 saturated heterocycles. The highest BCUT2D eigenvalue weighted by atomic mass is 16.5. The number of carbonyl (C=O) groups excluding carboxylic acids is 1. The molecule has 1 N–H and O–H groups in total. The average Bonchev–Trinajstić information content (AvgIpc) is 2.50. The number of nitrogens with one attached hydrogen (secondary N) is 1. The zero-order valence-corrected chi connectivity index (χ0v) is 14.6. The summed E-state index contributed by atoms with van der Waals surface area (Å²) in [5, 5.41) is 2.94. The van der Waals surface area contributed by atoms with Crippen molar-refractivity contribution in [1.29, 1.82) is 0 Å². The Hall–Kier alpha value is -1.59. The predicted octanol–water partition coefficient (Wildman–Crippen LogP) is 2.36. The van der Waals surface area contributed by atoms with Crippen molar-refractivity contribution in [2.75, 3.05) is 41.3 Å². The molecule has 0 aliphatic heterocycles.